The van der Waals surface area contributed by atoms with E-state index in [1.165, 1.54) is 17.2 Å². The first-order chi connectivity index (χ1) is 7.18. The molecule has 0 saturated carbocycles. The molecular weight excluding hydrogens is 191 g/mol. The van der Waals surface area contributed by atoms with E-state index in [0.717, 1.165) is 6.42 Å². The summed E-state index contributed by atoms with van der Waals surface area (Å²) in [6.45, 7) is 4.77. The van der Waals surface area contributed by atoms with Gasteiger partial charge < -0.3 is 4.74 Å². The van der Waals surface area contributed by atoms with E-state index in [1.54, 1.807) is 12.1 Å². The van der Waals surface area contributed by atoms with Gasteiger partial charge in [-0.2, -0.15) is 0 Å². The van der Waals surface area contributed by atoms with Crippen molar-refractivity contribution in [1.82, 2.24) is 0 Å². The molecule has 1 nitrogen and oxygen atoms in total. The van der Waals surface area contributed by atoms with Crippen molar-refractivity contribution in [3.8, 4) is 0 Å². The zero-order valence-corrected chi connectivity index (χ0v) is 9.09. The second-order valence-corrected chi connectivity index (χ2v) is 4.09. The molecule has 0 radical (unpaired) electrons. The van der Waals surface area contributed by atoms with Crippen LogP contribution in [0.3, 0.4) is 0 Å². The standard InChI is InChI=1S/C13H15FO/c1-9-7-13(15-8-10(9)2)11-5-3-4-6-12(11)14/h3-6,13H,7-8H2,1-2H3/t13-/m1/s1. The summed E-state index contributed by atoms with van der Waals surface area (Å²) in [5, 5.41) is 0. The molecule has 1 aliphatic heterocycles. The number of hydrogen-bond donors (Lipinski definition) is 0. The van der Waals surface area contributed by atoms with Crippen LogP contribution in [-0.4, -0.2) is 6.61 Å². The summed E-state index contributed by atoms with van der Waals surface area (Å²) in [5.41, 5.74) is 3.25. The van der Waals surface area contributed by atoms with E-state index in [0.29, 0.717) is 12.2 Å². The normalized spacial score (nSPS) is 21.9. The van der Waals surface area contributed by atoms with Crippen LogP contribution in [0.25, 0.3) is 0 Å². The molecule has 1 aromatic carbocycles. The van der Waals surface area contributed by atoms with Crippen molar-refractivity contribution in [2.45, 2.75) is 26.4 Å². The molecule has 15 heavy (non-hydrogen) atoms. The second kappa shape index (κ2) is 4.15. The first kappa shape index (κ1) is 10.4. The van der Waals surface area contributed by atoms with Gasteiger partial charge in [-0.15, -0.1) is 0 Å². The Hall–Kier alpha value is -1.15. The minimum absolute atomic E-state index is 0.116. The fourth-order valence-corrected chi connectivity index (χ4v) is 1.80. The Morgan fingerprint density at radius 2 is 1.93 bits per heavy atom. The van der Waals surface area contributed by atoms with Crippen molar-refractivity contribution < 1.29 is 9.13 Å². The zero-order chi connectivity index (χ0) is 10.8. The fraction of sp³-hybridized carbons (Fsp3) is 0.385. The van der Waals surface area contributed by atoms with Crippen molar-refractivity contribution in [1.29, 1.82) is 0 Å². The molecule has 1 aromatic rings. The molecule has 0 spiro atoms. The molecule has 80 valence electrons. The molecule has 1 aliphatic rings. The highest BCUT2D eigenvalue weighted by Crippen LogP contribution is 2.32. The summed E-state index contributed by atoms with van der Waals surface area (Å²) >= 11 is 0. The lowest BCUT2D eigenvalue weighted by Gasteiger charge is -2.25. The number of hydrogen-bond acceptors (Lipinski definition) is 1. The van der Waals surface area contributed by atoms with E-state index < -0.39 is 0 Å². The Kier molecular flexibility index (Phi) is 2.87. The van der Waals surface area contributed by atoms with Crippen molar-refractivity contribution in [2.24, 2.45) is 0 Å². The van der Waals surface area contributed by atoms with Gasteiger partial charge in [0.2, 0.25) is 0 Å². The van der Waals surface area contributed by atoms with Crippen LogP contribution in [0, 0.1) is 5.82 Å². The highest BCUT2D eigenvalue weighted by atomic mass is 19.1. The minimum Gasteiger partial charge on any atom is -0.369 e. The molecule has 1 atom stereocenters. The molecule has 0 fully saturated rings. The van der Waals surface area contributed by atoms with Gasteiger partial charge in [0.1, 0.15) is 5.82 Å². The van der Waals surface area contributed by atoms with Crippen LogP contribution in [0.2, 0.25) is 0 Å². The van der Waals surface area contributed by atoms with Crippen molar-refractivity contribution in [3.63, 3.8) is 0 Å². The van der Waals surface area contributed by atoms with E-state index in [-0.39, 0.29) is 11.9 Å². The van der Waals surface area contributed by atoms with Gasteiger partial charge in [-0.05, 0) is 31.9 Å². The first-order valence-electron chi connectivity index (χ1n) is 5.19. The smallest absolute Gasteiger partial charge is 0.129 e. The summed E-state index contributed by atoms with van der Waals surface area (Å²) in [7, 11) is 0. The average molecular weight is 206 g/mol. The van der Waals surface area contributed by atoms with Gasteiger partial charge in [-0.25, -0.2) is 4.39 Å². The van der Waals surface area contributed by atoms with Crippen LogP contribution in [-0.2, 0) is 4.74 Å². The summed E-state index contributed by atoms with van der Waals surface area (Å²) < 4.78 is 19.1. The lowest BCUT2D eigenvalue weighted by molar-refractivity contribution is 0.0553. The van der Waals surface area contributed by atoms with E-state index >= 15 is 0 Å². The predicted octanol–water partition coefficient (Wildman–Crippen LogP) is 3.62. The molecular formula is C13H15FO. The number of benzene rings is 1. The third-order valence-electron chi connectivity index (χ3n) is 2.97. The van der Waals surface area contributed by atoms with Gasteiger partial charge in [0.15, 0.2) is 0 Å². The third-order valence-corrected chi connectivity index (χ3v) is 2.97. The van der Waals surface area contributed by atoms with E-state index in [9.17, 15) is 4.39 Å². The van der Waals surface area contributed by atoms with Crippen molar-refractivity contribution in [2.75, 3.05) is 6.61 Å². The van der Waals surface area contributed by atoms with Gasteiger partial charge in [-0.1, -0.05) is 23.8 Å². The Morgan fingerprint density at radius 3 is 2.60 bits per heavy atom. The Morgan fingerprint density at radius 1 is 1.20 bits per heavy atom. The van der Waals surface area contributed by atoms with Gasteiger partial charge in [0.25, 0.3) is 0 Å². The van der Waals surface area contributed by atoms with Crippen LogP contribution in [0.1, 0.15) is 31.9 Å². The van der Waals surface area contributed by atoms with Crippen LogP contribution in [0.5, 0.6) is 0 Å². The highest BCUT2D eigenvalue weighted by Gasteiger charge is 2.21. The van der Waals surface area contributed by atoms with Gasteiger partial charge in [-0.3, -0.25) is 0 Å². The van der Waals surface area contributed by atoms with E-state index in [4.69, 9.17) is 4.74 Å². The predicted molar refractivity (Wildman–Crippen MR) is 58.1 cm³/mol. The van der Waals surface area contributed by atoms with Gasteiger partial charge in [0, 0.05) is 5.56 Å². The quantitative estimate of drug-likeness (QED) is 0.637. The van der Waals surface area contributed by atoms with Crippen molar-refractivity contribution >= 4 is 0 Å². The molecule has 2 rings (SSSR count). The molecule has 0 amide bonds. The van der Waals surface area contributed by atoms with E-state index in [2.05, 4.69) is 13.8 Å². The number of ether oxygens (including phenoxy) is 1. The molecule has 0 aromatic heterocycles. The summed E-state index contributed by atoms with van der Waals surface area (Å²) in [6, 6.07) is 6.84. The van der Waals surface area contributed by atoms with E-state index in [1.807, 2.05) is 6.07 Å². The molecule has 0 N–H and O–H groups in total. The summed E-state index contributed by atoms with van der Waals surface area (Å²) in [5.74, 6) is -0.171. The summed E-state index contributed by atoms with van der Waals surface area (Å²) in [6.07, 6.45) is 0.683. The molecule has 0 saturated heterocycles. The Labute approximate surface area is 89.6 Å². The van der Waals surface area contributed by atoms with Crippen LogP contribution >= 0.6 is 0 Å². The fourth-order valence-electron chi connectivity index (χ4n) is 1.80. The van der Waals surface area contributed by atoms with Crippen LogP contribution in [0.15, 0.2) is 35.4 Å². The zero-order valence-electron chi connectivity index (χ0n) is 9.09. The maximum atomic E-state index is 13.5. The number of halogens is 1. The topological polar surface area (TPSA) is 9.23 Å². The van der Waals surface area contributed by atoms with Crippen LogP contribution < -0.4 is 0 Å². The van der Waals surface area contributed by atoms with Gasteiger partial charge >= 0.3 is 0 Å². The SMILES string of the molecule is CC1=C(C)C[C@H](c2ccccc2F)OC1. The second-order valence-electron chi connectivity index (χ2n) is 4.09. The number of rotatable bonds is 1. The third kappa shape index (κ3) is 2.10. The largest absolute Gasteiger partial charge is 0.369 e. The summed E-state index contributed by atoms with van der Waals surface area (Å²) in [4.78, 5) is 0. The molecule has 0 unspecified atom stereocenters. The molecule has 0 aliphatic carbocycles. The lowest BCUT2D eigenvalue weighted by atomic mass is 9.96. The molecule has 0 bridgehead atoms. The monoisotopic (exact) mass is 206 g/mol. The maximum Gasteiger partial charge on any atom is 0.129 e. The van der Waals surface area contributed by atoms with Crippen molar-refractivity contribution in [3.05, 3.63) is 46.8 Å². The lowest BCUT2D eigenvalue weighted by Crippen LogP contribution is -2.14. The van der Waals surface area contributed by atoms with Crippen LogP contribution in [0.4, 0.5) is 4.39 Å². The molecule has 1 heterocycles. The molecule has 2 heteroatoms. The Bertz CT molecular complexity index is 395. The maximum absolute atomic E-state index is 13.5. The highest BCUT2D eigenvalue weighted by molar-refractivity contribution is 5.24. The Balaban J connectivity index is 2.24. The van der Waals surface area contributed by atoms with Gasteiger partial charge in [0.05, 0.1) is 12.7 Å². The average Bonchev–Trinajstić information content (AvgIpc) is 2.23. The minimum atomic E-state index is -0.171. The first-order valence-corrected chi connectivity index (χ1v) is 5.19.